The van der Waals surface area contributed by atoms with Crippen LogP contribution in [0.1, 0.15) is 25.0 Å². The normalized spacial score (nSPS) is 13.1. The van der Waals surface area contributed by atoms with Crippen LogP contribution in [0.25, 0.3) is 77.9 Å². The van der Waals surface area contributed by atoms with Crippen LogP contribution in [0.15, 0.2) is 315 Å². The van der Waals surface area contributed by atoms with Gasteiger partial charge in [0, 0.05) is 56.5 Å². The van der Waals surface area contributed by atoms with E-state index in [1.165, 1.54) is 106 Å². The van der Waals surface area contributed by atoms with Gasteiger partial charge in [-0.1, -0.05) is 250 Å². The van der Waals surface area contributed by atoms with Crippen LogP contribution in [0.5, 0.6) is 0 Å². The van der Waals surface area contributed by atoms with Crippen molar-refractivity contribution >= 4 is 63.3 Å². The first-order valence-electron chi connectivity index (χ1n) is 29.6. The van der Waals surface area contributed by atoms with Crippen LogP contribution < -0.4 is 25.5 Å². The van der Waals surface area contributed by atoms with Gasteiger partial charge >= 0.3 is 6.85 Å². The molecule has 85 heavy (non-hydrogen) atoms. The van der Waals surface area contributed by atoms with Gasteiger partial charge in [0.15, 0.2) is 0 Å². The Hall–Kier alpha value is -10.7. The fourth-order valence-corrected chi connectivity index (χ4v) is 14.0. The molecule has 0 saturated carbocycles. The lowest BCUT2D eigenvalue weighted by molar-refractivity contribution is 0.662. The summed E-state index contributed by atoms with van der Waals surface area (Å²) in [6.45, 7) is 4.66. The molecule has 3 aliphatic rings. The Morgan fingerprint density at radius 1 is 0.306 bits per heavy atom. The maximum Gasteiger partial charge on any atom is 0.333 e. The van der Waals surface area contributed by atoms with Crippen molar-refractivity contribution in [1.82, 2.24) is 0 Å². The van der Waals surface area contributed by atoms with E-state index >= 15 is 0 Å². The molecule has 0 fully saturated rings. The van der Waals surface area contributed by atoms with E-state index < -0.39 is 0 Å². The third-order valence-electron chi connectivity index (χ3n) is 18.0. The summed E-state index contributed by atoms with van der Waals surface area (Å²) in [6, 6.07) is 117. The summed E-state index contributed by atoms with van der Waals surface area (Å²) in [5.41, 5.74) is 30.8. The minimum Gasteiger partial charge on any atom is -0.376 e. The Morgan fingerprint density at radius 2 is 0.741 bits per heavy atom. The topological polar surface area (TPSA) is 9.72 Å². The van der Waals surface area contributed by atoms with Crippen LogP contribution in [0.4, 0.5) is 45.5 Å². The molecule has 0 N–H and O–H groups in total. The van der Waals surface area contributed by atoms with Crippen molar-refractivity contribution in [1.29, 1.82) is 0 Å². The summed E-state index contributed by atoms with van der Waals surface area (Å²) in [6.07, 6.45) is 0. The molecule has 1 aliphatic carbocycles. The molecular formula is C81H58BN3. The van der Waals surface area contributed by atoms with E-state index in [4.69, 9.17) is 0 Å². The Kier molecular flexibility index (Phi) is 12.0. The predicted octanol–water partition coefficient (Wildman–Crippen LogP) is 20.5. The smallest absolute Gasteiger partial charge is 0.333 e. The van der Waals surface area contributed by atoms with E-state index in [0.29, 0.717) is 0 Å². The van der Waals surface area contributed by atoms with Crippen LogP contribution in [0.3, 0.4) is 0 Å². The molecule has 0 unspecified atom stereocenters. The lowest BCUT2D eigenvalue weighted by Gasteiger charge is -2.47. The van der Waals surface area contributed by atoms with Gasteiger partial charge in [0.05, 0.1) is 0 Å². The lowest BCUT2D eigenvalue weighted by atomic mass is 9.42. The zero-order valence-corrected chi connectivity index (χ0v) is 47.4. The summed E-state index contributed by atoms with van der Waals surface area (Å²) >= 11 is 0. The largest absolute Gasteiger partial charge is 0.376 e. The summed E-state index contributed by atoms with van der Waals surface area (Å²) < 4.78 is 0. The molecule has 2 aliphatic heterocycles. The maximum absolute atomic E-state index is 2.67. The maximum atomic E-state index is 2.67. The van der Waals surface area contributed by atoms with E-state index in [1.807, 2.05) is 0 Å². The van der Waals surface area contributed by atoms with Crippen LogP contribution in [-0.4, -0.2) is 6.85 Å². The molecule has 0 bridgehead atoms. The highest BCUT2D eigenvalue weighted by atomic mass is 15.2. The summed E-state index contributed by atoms with van der Waals surface area (Å²) in [7, 11) is 0. The first kappa shape index (κ1) is 50.1. The van der Waals surface area contributed by atoms with E-state index in [1.54, 1.807) is 0 Å². The molecule has 0 atom stereocenters. The van der Waals surface area contributed by atoms with Gasteiger partial charge in [0.25, 0.3) is 0 Å². The molecular weight excluding hydrogens is 1030 g/mol. The highest BCUT2D eigenvalue weighted by Gasteiger charge is 2.50. The highest BCUT2D eigenvalue weighted by molar-refractivity contribution is 6.93. The Balaban J connectivity index is 0.995. The standard InChI is InChI=1S/C81H58BN3/c1-81(2)73-37-19-18-36-70(73)71-54-77-80-78(79(71)81)72-52-64(59-30-16-7-17-31-59)42-49-75(72)85(69-35-21-33-63(51-69)58-28-14-6-15-29-58)82(80)74-48-47-68(53-76(74)84(77)67-34-20-32-62(50-67)57-26-12-5-13-27-57)83(65-43-38-60(39-44-65)55-22-8-3-9-23-55)66-45-40-61(41-46-66)56-24-10-4-11-25-56/h3-54H,1-2H3. The first-order valence-corrected chi connectivity index (χ1v) is 29.6. The molecule has 0 amide bonds. The second kappa shape index (κ2) is 20.3. The van der Waals surface area contributed by atoms with Crippen LogP contribution in [0, 0.1) is 0 Å². The highest BCUT2D eigenvalue weighted by Crippen LogP contribution is 2.58. The molecule has 0 radical (unpaired) electrons. The van der Waals surface area contributed by atoms with E-state index in [0.717, 1.165) is 39.7 Å². The van der Waals surface area contributed by atoms with E-state index in [9.17, 15) is 0 Å². The monoisotopic (exact) mass is 1080 g/mol. The third kappa shape index (κ3) is 8.43. The van der Waals surface area contributed by atoms with Crippen molar-refractivity contribution < 1.29 is 0 Å². The number of fused-ring (bicyclic) bond motifs is 8. The van der Waals surface area contributed by atoms with Crippen molar-refractivity contribution in [2.75, 3.05) is 14.6 Å². The fraction of sp³-hybridized carbons (Fsp3) is 0.0370. The third-order valence-corrected chi connectivity index (χ3v) is 18.0. The molecule has 4 heteroatoms. The summed E-state index contributed by atoms with van der Waals surface area (Å²) in [4.78, 5) is 7.71. The van der Waals surface area contributed by atoms with Crippen LogP contribution in [-0.2, 0) is 5.41 Å². The Morgan fingerprint density at radius 3 is 1.29 bits per heavy atom. The Bertz CT molecular complexity index is 4580. The second-order valence-electron chi connectivity index (χ2n) is 23.2. The molecule has 0 aromatic heterocycles. The van der Waals surface area contributed by atoms with E-state index in [-0.39, 0.29) is 12.3 Å². The number of nitrogens with zero attached hydrogens (tertiary/aromatic N) is 3. The van der Waals surface area contributed by atoms with Gasteiger partial charge < -0.3 is 14.6 Å². The van der Waals surface area contributed by atoms with Crippen molar-refractivity contribution in [3.63, 3.8) is 0 Å². The summed E-state index contributed by atoms with van der Waals surface area (Å²) in [5, 5.41) is 0. The minimum absolute atomic E-state index is 0.239. The van der Waals surface area contributed by atoms with Crippen LogP contribution in [0.2, 0.25) is 0 Å². The number of rotatable bonds is 10. The molecule has 3 nitrogen and oxygen atoms in total. The quantitative estimate of drug-likeness (QED) is 0.126. The zero-order chi connectivity index (χ0) is 56.6. The molecule has 0 spiro atoms. The van der Waals surface area contributed by atoms with Crippen molar-refractivity contribution in [2.24, 2.45) is 0 Å². The van der Waals surface area contributed by atoms with Crippen molar-refractivity contribution in [3.05, 3.63) is 327 Å². The minimum atomic E-state index is -0.314. The first-order chi connectivity index (χ1) is 41.9. The second-order valence-corrected chi connectivity index (χ2v) is 23.2. The van der Waals surface area contributed by atoms with E-state index in [2.05, 4.69) is 344 Å². The predicted molar refractivity (Wildman–Crippen MR) is 360 cm³/mol. The number of hydrogen-bond donors (Lipinski definition) is 0. The van der Waals surface area contributed by atoms with Gasteiger partial charge in [-0.2, -0.15) is 0 Å². The fourth-order valence-electron chi connectivity index (χ4n) is 14.0. The van der Waals surface area contributed by atoms with Gasteiger partial charge in [0.1, 0.15) is 0 Å². The molecule has 13 aromatic rings. The van der Waals surface area contributed by atoms with Gasteiger partial charge in [-0.15, -0.1) is 0 Å². The van der Waals surface area contributed by atoms with Crippen LogP contribution >= 0.6 is 0 Å². The lowest BCUT2D eigenvalue weighted by Crippen LogP contribution is -2.62. The number of benzene rings is 13. The zero-order valence-electron chi connectivity index (χ0n) is 47.4. The molecule has 13 aromatic carbocycles. The Labute approximate surface area is 498 Å². The summed E-state index contributed by atoms with van der Waals surface area (Å²) in [5.74, 6) is 0. The van der Waals surface area contributed by atoms with Crippen molar-refractivity contribution in [2.45, 2.75) is 19.3 Å². The van der Waals surface area contributed by atoms with Crippen molar-refractivity contribution in [3.8, 4) is 77.9 Å². The number of anilines is 8. The number of hydrogen-bond acceptors (Lipinski definition) is 3. The molecule has 400 valence electrons. The SMILES string of the molecule is CC1(C)c2ccccc2-c2cc3c4c(c21)-c1cc(-c2ccccc2)ccc1N(c1cccc(-c2ccccc2)c1)B4c1ccc(N(c2ccc(-c4ccccc4)cc2)c2ccc(-c4ccccc4)cc2)cc1N3c1cccc(-c2ccccc2)c1. The molecule has 16 rings (SSSR count). The average molecular weight is 1080 g/mol. The van der Waals surface area contributed by atoms with Gasteiger partial charge in [-0.25, -0.2) is 0 Å². The average Bonchev–Trinajstić information content (AvgIpc) is 1.82. The van der Waals surface area contributed by atoms with Gasteiger partial charge in [0.2, 0.25) is 0 Å². The molecule has 2 heterocycles. The molecule has 0 saturated heterocycles. The van der Waals surface area contributed by atoms with Gasteiger partial charge in [-0.3, -0.25) is 0 Å². The van der Waals surface area contributed by atoms with Gasteiger partial charge in [-0.05, 0) is 173 Å².